The maximum atomic E-state index is 12.5. The highest BCUT2D eigenvalue weighted by Gasteiger charge is 2.15. The van der Waals surface area contributed by atoms with Crippen LogP contribution in [-0.2, 0) is 11.2 Å². The Morgan fingerprint density at radius 3 is 2.91 bits per heavy atom. The maximum absolute atomic E-state index is 12.5. The number of benzene rings is 1. The van der Waals surface area contributed by atoms with Crippen LogP contribution in [0.1, 0.15) is 17.7 Å². The summed E-state index contributed by atoms with van der Waals surface area (Å²) in [5.41, 5.74) is 2.78. The highest BCUT2D eigenvalue weighted by molar-refractivity contribution is 6.30. The SMILES string of the molecule is Cc1nc2c(-c3cccc(Cl)c3)c[nH]n2c(=O)c1CCC(=O)O. The molecule has 118 valence electrons. The Kier molecular flexibility index (Phi) is 3.92. The van der Waals surface area contributed by atoms with Crippen LogP contribution in [0.4, 0.5) is 0 Å². The third-order valence-corrected chi connectivity index (χ3v) is 3.92. The van der Waals surface area contributed by atoms with Crippen molar-refractivity contribution in [3.63, 3.8) is 0 Å². The third kappa shape index (κ3) is 2.85. The van der Waals surface area contributed by atoms with Crippen LogP contribution >= 0.6 is 11.6 Å². The molecule has 0 amide bonds. The Hall–Kier alpha value is -2.60. The summed E-state index contributed by atoms with van der Waals surface area (Å²) < 4.78 is 1.33. The molecule has 0 aliphatic rings. The molecule has 23 heavy (non-hydrogen) atoms. The molecule has 6 nitrogen and oxygen atoms in total. The number of halogens is 1. The number of aromatic amines is 1. The largest absolute Gasteiger partial charge is 0.481 e. The van der Waals surface area contributed by atoms with Crippen molar-refractivity contribution in [2.24, 2.45) is 0 Å². The zero-order valence-electron chi connectivity index (χ0n) is 12.3. The molecule has 3 aromatic rings. The van der Waals surface area contributed by atoms with Gasteiger partial charge in [0.15, 0.2) is 5.65 Å². The lowest BCUT2D eigenvalue weighted by Crippen LogP contribution is -2.22. The van der Waals surface area contributed by atoms with Crippen LogP contribution in [0.3, 0.4) is 0 Å². The van der Waals surface area contributed by atoms with Crippen LogP contribution in [0.5, 0.6) is 0 Å². The normalized spacial score (nSPS) is 11.0. The van der Waals surface area contributed by atoms with Crippen LogP contribution in [0.15, 0.2) is 35.3 Å². The predicted molar refractivity (Wildman–Crippen MR) is 87.0 cm³/mol. The molecule has 0 aliphatic carbocycles. The number of aromatic nitrogens is 3. The first-order valence-corrected chi connectivity index (χ1v) is 7.42. The molecule has 2 N–H and O–H groups in total. The molecule has 0 saturated heterocycles. The van der Waals surface area contributed by atoms with Gasteiger partial charge in [0.2, 0.25) is 0 Å². The molecule has 0 saturated carbocycles. The zero-order chi connectivity index (χ0) is 16.6. The molecule has 1 aromatic carbocycles. The fraction of sp³-hybridized carbons (Fsp3) is 0.188. The van der Waals surface area contributed by atoms with Crippen molar-refractivity contribution in [2.45, 2.75) is 19.8 Å². The number of aliphatic carboxylic acids is 1. The quantitative estimate of drug-likeness (QED) is 0.769. The van der Waals surface area contributed by atoms with Gasteiger partial charge < -0.3 is 5.11 Å². The van der Waals surface area contributed by atoms with E-state index in [0.717, 1.165) is 11.1 Å². The molecule has 2 heterocycles. The van der Waals surface area contributed by atoms with Gasteiger partial charge in [0, 0.05) is 34.5 Å². The van der Waals surface area contributed by atoms with Gasteiger partial charge in [-0.2, -0.15) is 0 Å². The molecule has 0 spiro atoms. The minimum absolute atomic E-state index is 0.105. The lowest BCUT2D eigenvalue weighted by molar-refractivity contribution is -0.136. The fourth-order valence-corrected chi connectivity index (χ4v) is 2.73. The van der Waals surface area contributed by atoms with Crippen LogP contribution < -0.4 is 5.56 Å². The number of rotatable bonds is 4. The van der Waals surface area contributed by atoms with E-state index in [9.17, 15) is 9.59 Å². The summed E-state index contributed by atoms with van der Waals surface area (Å²) in [6, 6.07) is 7.28. The minimum Gasteiger partial charge on any atom is -0.481 e. The standard InChI is InChI=1S/C16H14ClN3O3/c1-9-12(5-6-14(21)22)16(23)20-15(19-9)13(8-18-20)10-3-2-4-11(17)7-10/h2-4,7-8,18H,5-6H2,1H3,(H,21,22). The molecule has 7 heteroatoms. The summed E-state index contributed by atoms with van der Waals surface area (Å²) in [5.74, 6) is -0.944. The Balaban J connectivity index is 2.15. The molecular weight excluding hydrogens is 318 g/mol. The summed E-state index contributed by atoms with van der Waals surface area (Å²) in [6.45, 7) is 1.72. The first-order chi connectivity index (χ1) is 11.0. The van der Waals surface area contributed by atoms with E-state index in [0.29, 0.717) is 21.9 Å². The second-order valence-corrected chi connectivity index (χ2v) is 5.67. The van der Waals surface area contributed by atoms with E-state index in [-0.39, 0.29) is 18.4 Å². The van der Waals surface area contributed by atoms with Crippen molar-refractivity contribution < 1.29 is 9.90 Å². The van der Waals surface area contributed by atoms with Gasteiger partial charge in [0.05, 0.1) is 0 Å². The van der Waals surface area contributed by atoms with Crippen molar-refractivity contribution in [1.82, 2.24) is 14.6 Å². The molecule has 2 aromatic heterocycles. The summed E-state index contributed by atoms with van der Waals surface area (Å²) >= 11 is 6.02. The minimum atomic E-state index is -0.944. The van der Waals surface area contributed by atoms with Crippen LogP contribution in [0.25, 0.3) is 16.8 Å². The highest BCUT2D eigenvalue weighted by atomic mass is 35.5. The van der Waals surface area contributed by atoms with Gasteiger partial charge in [-0.1, -0.05) is 23.7 Å². The van der Waals surface area contributed by atoms with Crippen molar-refractivity contribution in [3.8, 4) is 11.1 Å². The first kappa shape index (κ1) is 15.3. The summed E-state index contributed by atoms with van der Waals surface area (Å²) in [5, 5.41) is 12.3. The van der Waals surface area contributed by atoms with Crippen molar-refractivity contribution in [1.29, 1.82) is 0 Å². The number of carboxylic acids is 1. The van der Waals surface area contributed by atoms with Gasteiger partial charge in [-0.25, -0.2) is 9.50 Å². The number of carboxylic acid groups (broad SMARTS) is 1. The van der Waals surface area contributed by atoms with Gasteiger partial charge in [-0.05, 0) is 31.0 Å². The van der Waals surface area contributed by atoms with E-state index in [1.807, 2.05) is 12.1 Å². The van der Waals surface area contributed by atoms with Crippen LogP contribution in [0, 0.1) is 6.92 Å². The monoisotopic (exact) mass is 331 g/mol. The van der Waals surface area contributed by atoms with Crippen LogP contribution in [-0.4, -0.2) is 25.7 Å². The summed E-state index contributed by atoms with van der Waals surface area (Å²) in [6.07, 6.45) is 1.74. The number of hydrogen-bond donors (Lipinski definition) is 2. The van der Waals surface area contributed by atoms with Gasteiger partial charge in [-0.3, -0.25) is 14.7 Å². The first-order valence-electron chi connectivity index (χ1n) is 7.04. The van der Waals surface area contributed by atoms with Crippen molar-refractivity contribution >= 4 is 23.2 Å². The Labute approximate surface area is 136 Å². The number of aryl methyl sites for hydroxylation is 1. The highest BCUT2D eigenvalue weighted by Crippen LogP contribution is 2.25. The number of H-pyrrole nitrogens is 1. The topological polar surface area (TPSA) is 87.5 Å². The molecule has 0 bridgehead atoms. The number of nitrogens with zero attached hydrogens (tertiary/aromatic N) is 2. The molecule has 0 unspecified atom stereocenters. The molecule has 3 rings (SSSR count). The van der Waals surface area contributed by atoms with E-state index in [4.69, 9.17) is 16.7 Å². The smallest absolute Gasteiger partial charge is 0.303 e. The average molecular weight is 332 g/mol. The maximum Gasteiger partial charge on any atom is 0.303 e. The molecule has 0 atom stereocenters. The zero-order valence-corrected chi connectivity index (χ0v) is 13.1. The number of fused-ring (bicyclic) bond motifs is 1. The summed E-state index contributed by atoms with van der Waals surface area (Å²) in [7, 11) is 0. The number of nitrogens with one attached hydrogen (secondary N) is 1. The second kappa shape index (κ2) is 5.89. The van der Waals surface area contributed by atoms with Crippen molar-refractivity contribution in [2.75, 3.05) is 0 Å². The molecule has 0 radical (unpaired) electrons. The number of hydrogen-bond acceptors (Lipinski definition) is 3. The van der Waals surface area contributed by atoms with Crippen molar-refractivity contribution in [3.05, 3.63) is 57.1 Å². The lowest BCUT2D eigenvalue weighted by atomic mass is 10.1. The average Bonchev–Trinajstić information content (AvgIpc) is 2.90. The van der Waals surface area contributed by atoms with Gasteiger partial charge in [0.25, 0.3) is 5.56 Å². The lowest BCUT2D eigenvalue weighted by Gasteiger charge is -2.05. The number of carbonyl (C=O) groups is 1. The van der Waals surface area contributed by atoms with E-state index in [1.165, 1.54) is 4.52 Å². The van der Waals surface area contributed by atoms with E-state index in [1.54, 1.807) is 25.3 Å². The van der Waals surface area contributed by atoms with Gasteiger partial charge in [0.1, 0.15) is 0 Å². The Bertz CT molecular complexity index is 959. The molecule has 0 aliphatic heterocycles. The Morgan fingerprint density at radius 2 is 2.22 bits per heavy atom. The third-order valence-electron chi connectivity index (χ3n) is 3.69. The van der Waals surface area contributed by atoms with Gasteiger partial charge >= 0.3 is 5.97 Å². The fourth-order valence-electron chi connectivity index (χ4n) is 2.54. The van der Waals surface area contributed by atoms with Crippen LogP contribution in [0.2, 0.25) is 5.02 Å². The van der Waals surface area contributed by atoms with E-state index in [2.05, 4.69) is 10.1 Å². The summed E-state index contributed by atoms with van der Waals surface area (Å²) in [4.78, 5) is 27.8. The molecular formula is C16H14ClN3O3. The Morgan fingerprint density at radius 1 is 1.43 bits per heavy atom. The van der Waals surface area contributed by atoms with E-state index < -0.39 is 5.97 Å². The second-order valence-electron chi connectivity index (χ2n) is 5.23. The predicted octanol–water partition coefficient (Wildman–Crippen LogP) is 2.67. The van der Waals surface area contributed by atoms with E-state index >= 15 is 0 Å². The molecule has 0 fully saturated rings. The van der Waals surface area contributed by atoms with Gasteiger partial charge in [-0.15, -0.1) is 0 Å².